The molecule has 2 heterocycles. The van der Waals surface area contributed by atoms with Gasteiger partial charge in [-0.3, -0.25) is 0 Å². The van der Waals surface area contributed by atoms with Gasteiger partial charge in [-0.05, 0) is 50.7 Å². The standard InChI is InChI=1S/C32H54N2O6/c1-3-35-23-25-39-29-27-37-21-9-5-7-15-33-17-11-31(12-18-33)32-13-19-34(20-14-32)16-8-6-10-22-38-28-30-40-26-24-36-4-2/h11-14,17-20H,3-10,15-16,21-30H2,1-2H3/q+2. The molecular weight excluding hydrogens is 508 g/mol. The van der Waals surface area contributed by atoms with Crippen LogP contribution in [0.15, 0.2) is 49.1 Å². The molecule has 0 aliphatic heterocycles. The van der Waals surface area contributed by atoms with Gasteiger partial charge in [0, 0.05) is 63.5 Å². The molecule has 0 fully saturated rings. The molecule has 40 heavy (non-hydrogen) atoms. The molecule has 0 amide bonds. The van der Waals surface area contributed by atoms with Crippen molar-refractivity contribution in [3.63, 3.8) is 0 Å². The van der Waals surface area contributed by atoms with Crippen molar-refractivity contribution in [2.75, 3.05) is 79.3 Å². The predicted molar refractivity (Wildman–Crippen MR) is 156 cm³/mol. The highest BCUT2D eigenvalue weighted by Crippen LogP contribution is 2.15. The average molecular weight is 563 g/mol. The largest absolute Gasteiger partial charge is 0.379 e. The van der Waals surface area contributed by atoms with Crippen LogP contribution in [-0.2, 0) is 41.5 Å². The van der Waals surface area contributed by atoms with Gasteiger partial charge in [-0.15, -0.1) is 0 Å². The number of aryl methyl sites for hydroxylation is 2. The monoisotopic (exact) mass is 562 g/mol. The fourth-order valence-electron chi connectivity index (χ4n) is 4.12. The van der Waals surface area contributed by atoms with Gasteiger partial charge in [0.25, 0.3) is 0 Å². The lowest BCUT2D eigenvalue weighted by Gasteiger charge is -2.06. The van der Waals surface area contributed by atoms with E-state index in [2.05, 4.69) is 58.2 Å². The van der Waals surface area contributed by atoms with Crippen LogP contribution in [0, 0.1) is 0 Å². The van der Waals surface area contributed by atoms with Gasteiger partial charge in [-0.25, -0.2) is 9.13 Å². The van der Waals surface area contributed by atoms with Crippen molar-refractivity contribution in [2.45, 2.75) is 65.5 Å². The number of hydrogen-bond donors (Lipinski definition) is 0. The van der Waals surface area contributed by atoms with E-state index in [1.54, 1.807) is 0 Å². The van der Waals surface area contributed by atoms with E-state index in [-0.39, 0.29) is 0 Å². The second kappa shape index (κ2) is 24.8. The number of unbranched alkanes of at least 4 members (excludes halogenated alkanes) is 4. The Morgan fingerprint density at radius 1 is 0.400 bits per heavy atom. The summed E-state index contributed by atoms with van der Waals surface area (Å²) in [6, 6.07) is 8.83. The molecule has 0 spiro atoms. The van der Waals surface area contributed by atoms with Crippen molar-refractivity contribution in [2.24, 2.45) is 0 Å². The van der Waals surface area contributed by atoms with Gasteiger partial charge in [-0.2, -0.15) is 0 Å². The van der Waals surface area contributed by atoms with Crippen LogP contribution in [0.1, 0.15) is 52.4 Å². The van der Waals surface area contributed by atoms with Crippen molar-refractivity contribution in [1.82, 2.24) is 0 Å². The molecule has 0 aliphatic carbocycles. The normalized spacial score (nSPS) is 11.3. The summed E-state index contributed by atoms with van der Waals surface area (Å²) in [6.07, 6.45) is 15.5. The lowest BCUT2D eigenvalue weighted by atomic mass is 10.1. The molecular formula is C32H54N2O6+2. The molecule has 0 N–H and O–H groups in total. The number of pyridine rings is 2. The molecule has 0 aromatic carbocycles. The quantitative estimate of drug-likeness (QED) is 0.119. The zero-order chi connectivity index (χ0) is 28.4. The van der Waals surface area contributed by atoms with Gasteiger partial charge in [0.1, 0.15) is 13.1 Å². The van der Waals surface area contributed by atoms with Crippen molar-refractivity contribution in [3.8, 4) is 11.1 Å². The van der Waals surface area contributed by atoms with Gasteiger partial charge in [-0.1, -0.05) is 0 Å². The Balaban J connectivity index is 1.47. The van der Waals surface area contributed by atoms with Gasteiger partial charge >= 0.3 is 0 Å². The Labute approximate surface area is 242 Å². The Bertz CT molecular complexity index is 750. The lowest BCUT2D eigenvalue weighted by molar-refractivity contribution is -0.697. The Morgan fingerprint density at radius 3 is 1.07 bits per heavy atom. The molecule has 8 heteroatoms. The molecule has 2 aromatic heterocycles. The SMILES string of the molecule is CCOCCOCCOCCCCC[n+]1ccc(-c2cc[n+](CCCCCOCCOCCOCC)cc2)cc1. The minimum atomic E-state index is 0.639. The first-order valence-corrected chi connectivity index (χ1v) is 15.3. The van der Waals surface area contributed by atoms with E-state index < -0.39 is 0 Å². The summed E-state index contributed by atoms with van der Waals surface area (Å²) in [5.41, 5.74) is 2.50. The third kappa shape index (κ3) is 17.7. The lowest BCUT2D eigenvalue weighted by Crippen LogP contribution is -2.33. The fourth-order valence-corrected chi connectivity index (χ4v) is 4.12. The predicted octanol–water partition coefficient (Wildman–Crippen LogP) is 4.41. The maximum atomic E-state index is 5.64. The number of nitrogens with zero attached hydrogens (tertiary/aromatic N) is 2. The first-order valence-electron chi connectivity index (χ1n) is 15.3. The molecule has 0 atom stereocenters. The number of rotatable bonds is 27. The summed E-state index contributed by atoms with van der Waals surface area (Å²) in [5, 5.41) is 0. The molecule has 0 aliphatic rings. The summed E-state index contributed by atoms with van der Waals surface area (Å²) in [5.74, 6) is 0. The number of ether oxygens (including phenoxy) is 6. The minimum absolute atomic E-state index is 0.639. The van der Waals surface area contributed by atoms with E-state index in [1.165, 1.54) is 11.1 Å². The zero-order valence-electron chi connectivity index (χ0n) is 25.1. The smallest absolute Gasteiger partial charge is 0.169 e. The van der Waals surface area contributed by atoms with Crippen molar-refractivity contribution in [3.05, 3.63) is 49.1 Å². The number of aromatic nitrogens is 2. The number of hydrogen-bond acceptors (Lipinski definition) is 6. The van der Waals surface area contributed by atoms with Crippen LogP contribution in [0.2, 0.25) is 0 Å². The van der Waals surface area contributed by atoms with E-state index in [0.717, 1.165) is 78.0 Å². The Hall–Kier alpha value is -1.94. The van der Waals surface area contributed by atoms with Crippen molar-refractivity contribution < 1.29 is 37.6 Å². The Morgan fingerprint density at radius 2 is 0.725 bits per heavy atom. The van der Waals surface area contributed by atoms with E-state index in [9.17, 15) is 0 Å². The van der Waals surface area contributed by atoms with Crippen molar-refractivity contribution >= 4 is 0 Å². The topological polar surface area (TPSA) is 63.1 Å². The van der Waals surface area contributed by atoms with E-state index in [0.29, 0.717) is 52.9 Å². The summed E-state index contributed by atoms with van der Waals surface area (Å²) in [7, 11) is 0. The second-order valence-corrected chi connectivity index (χ2v) is 9.61. The summed E-state index contributed by atoms with van der Waals surface area (Å²) < 4.78 is 37.2. The maximum absolute atomic E-state index is 5.64. The van der Waals surface area contributed by atoms with E-state index in [4.69, 9.17) is 28.4 Å². The molecule has 0 bridgehead atoms. The molecule has 8 nitrogen and oxygen atoms in total. The molecule has 2 rings (SSSR count). The molecule has 0 saturated carbocycles. The molecule has 0 unspecified atom stereocenters. The fraction of sp³-hybridized carbons (Fsp3) is 0.688. The first kappa shape index (κ1) is 34.3. The van der Waals surface area contributed by atoms with Gasteiger partial charge in [0.2, 0.25) is 0 Å². The molecule has 0 saturated heterocycles. The molecule has 226 valence electrons. The maximum Gasteiger partial charge on any atom is 0.169 e. The van der Waals surface area contributed by atoms with Crippen LogP contribution < -0.4 is 9.13 Å². The van der Waals surface area contributed by atoms with Gasteiger partial charge in [0.15, 0.2) is 24.8 Å². The highest BCUT2D eigenvalue weighted by Gasteiger charge is 2.06. The molecule has 0 radical (unpaired) electrons. The third-order valence-electron chi connectivity index (χ3n) is 6.42. The molecule has 2 aromatic rings. The second-order valence-electron chi connectivity index (χ2n) is 9.61. The van der Waals surface area contributed by atoms with Crippen LogP contribution in [0.3, 0.4) is 0 Å². The van der Waals surface area contributed by atoms with Crippen LogP contribution in [0.4, 0.5) is 0 Å². The van der Waals surface area contributed by atoms with E-state index in [1.807, 2.05) is 13.8 Å². The van der Waals surface area contributed by atoms with Gasteiger partial charge in [0.05, 0.1) is 52.9 Å². The van der Waals surface area contributed by atoms with Crippen LogP contribution in [-0.4, -0.2) is 79.3 Å². The zero-order valence-corrected chi connectivity index (χ0v) is 25.1. The highest BCUT2D eigenvalue weighted by molar-refractivity contribution is 5.60. The summed E-state index contributed by atoms with van der Waals surface area (Å²) in [6.45, 7) is 14.3. The first-order chi connectivity index (χ1) is 19.8. The van der Waals surface area contributed by atoms with E-state index >= 15 is 0 Å². The van der Waals surface area contributed by atoms with Gasteiger partial charge < -0.3 is 28.4 Å². The van der Waals surface area contributed by atoms with Crippen LogP contribution in [0.5, 0.6) is 0 Å². The average Bonchev–Trinajstić information content (AvgIpc) is 2.99. The third-order valence-corrected chi connectivity index (χ3v) is 6.42. The minimum Gasteiger partial charge on any atom is -0.379 e. The van der Waals surface area contributed by atoms with Crippen LogP contribution in [0.25, 0.3) is 11.1 Å². The van der Waals surface area contributed by atoms with Crippen molar-refractivity contribution in [1.29, 1.82) is 0 Å². The summed E-state index contributed by atoms with van der Waals surface area (Å²) >= 11 is 0. The summed E-state index contributed by atoms with van der Waals surface area (Å²) in [4.78, 5) is 0. The highest BCUT2D eigenvalue weighted by atomic mass is 16.5. The van der Waals surface area contributed by atoms with Crippen LogP contribution >= 0.6 is 0 Å². The Kier molecular flexibility index (Phi) is 21.3.